The minimum Gasteiger partial charge on any atom is -0.544 e. The minimum absolute atomic E-state index is 0.0345. The molecule has 0 spiro atoms. The average molecular weight is 776 g/mol. The summed E-state index contributed by atoms with van der Waals surface area (Å²) in [6.45, 7) is 4.63. The lowest BCUT2D eigenvalue weighted by molar-refractivity contribution is -0.889. The monoisotopic (exact) mass is 776 g/mol. The number of likely N-dealkylation sites (N-methyl/N-ethyl adjacent to an activating group) is 1. The molecule has 0 saturated heterocycles. The van der Waals surface area contributed by atoms with Gasteiger partial charge in [0.25, 0.3) is 0 Å². The van der Waals surface area contributed by atoms with Gasteiger partial charge in [0, 0.05) is 19.3 Å². The number of ether oxygens (including phenoxy) is 3. The third kappa shape index (κ3) is 36.9. The zero-order valence-corrected chi connectivity index (χ0v) is 36.3. The molecular weight excluding hydrogens is 691 g/mol. The number of esters is 2. The van der Waals surface area contributed by atoms with Crippen LogP contribution in [0.2, 0.25) is 0 Å². The lowest BCUT2D eigenvalue weighted by Crippen LogP contribution is -2.55. The number of carboxylic acids is 1. The molecule has 320 valence electrons. The molecule has 8 heteroatoms. The lowest BCUT2D eigenvalue weighted by atomic mass is 10.0. The van der Waals surface area contributed by atoms with Crippen molar-refractivity contribution in [3.05, 3.63) is 36.5 Å². The van der Waals surface area contributed by atoms with E-state index < -0.39 is 18.1 Å². The van der Waals surface area contributed by atoms with Gasteiger partial charge in [-0.1, -0.05) is 172 Å². The van der Waals surface area contributed by atoms with Crippen molar-refractivity contribution in [2.75, 3.05) is 41.0 Å². The first-order chi connectivity index (χ1) is 26.6. The zero-order chi connectivity index (χ0) is 40.7. The summed E-state index contributed by atoms with van der Waals surface area (Å²) in [4.78, 5) is 36.8. The smallest absolute Gasteiger partial charge is 0.306 e. The first-order valence-corrected chi connectivity index (χ1v) is 22.5. The molecule has 2 unspecified atom stereocenters. The van der Waals surface area contributed by atoms with Crippen LogP contribution in [0.25, 0.3) is 0 Å². The molecule has 0 heterocycles. The Balaban J connectivity index is 4.37. The number of carbonyl (C=O) groups excluding carboxylic acids is 3. The molecule has 0 rings (SSSR count). The number of allylic oxidation sites excluding steroid dienone is 6. The summed E-state index contributed by atoms with van der Waals surface area (Å²) in [5.74, 6) is -1.76. The van der Waals surface area contributed by atoms with E-state index in [1.54, 1.807) is 21.1 Å². The molecule has 0 amide bonds. The molecule has 0 aromatic rings. The Bertz CT molecular complexity index is 1000. The van der Waals surface area contributed by atoms with Crippen molar-refractivity contribution < 1.29 is 38.2 Å². The van der Waals surface area contributed by atoms with E-state index in [1.165, 1.54) is 96.3 Å². The summed E-state index contributed by atoms with van der Waals surface area (Å²) in [7, 11) is 5.40. The van der Waals surface area contributed by atoms with E-state index in [4.69, 9.17) is 14.2 Å². The van der Waals surface area contributed by atoms with Crippen LogP contribution in [0.5, 0.6) is 0 Å². The first-order valence-electron chi connectivity index (χ1n) is 22.5. The van der Waals surface area contributed by atoms with Crippen LogP contribution in [0.4, 0.5) is 0 Å². The van der Waals surface area contributed by atoms with Crippen LogP contribution in [0.1, 0.15) is 194 Å². The first kappa shape index (κ1) is 52.6. The van der Waals surface area contributed by atoms with Crippen LogP contribution in [0.15, 0.2) is 36.5 Å². The van der Waals surface area contributed by atoms with Crippen molar-refractivity contribution >= 4 is 17.9 Å². The van der Waals surface area contributed by atoms with Crippen molar-refractivity contribution in [1.82, 2.24) is 0 Å². The molecule has 0 aliphatic carbocycles. The molecule has 0 aliphatic rings. The number of carboxylic acid groups (broad SMARTS) is 1. The molecule has 2 atom stereocenters. The number of nitrogens with zero attached hydrogens (tertiary/aromatic N) is 1. The number of hydrogen-bond donors (Lipinski definition) is 0. The van der Waals surface area contributed by atoms with Crippen LogP contribution >= 0.6 is 0 Å². The van der Waals surface area contributed by atoms with Gasteiger partial charge in [0.05, 0.1) is 40.3 Å². The molecule has 0 radical (unpaired) electrons. The maximum Gasteiger partial charge on any atom is 0.306 e. The Morgan fingerprint density at radius 2 is 0.964 bits per heavy atom. The summed E-state index contributed by atoms with van der Waals surface area (Å²) >= 11 is 0. The molecule has 0 N–H and O–H groups in total. The van der Waals surface area contributed by atoms with Gasteiger partial charge in [-0.25, -0.2) is 0 Å². The van der Waals surface area contributed by atoms with E-state index in [1.807, 2.05) is 0 Å². The maximum atomic E-state index is 12.7. The van der Waals surface area contributed by atoms with Crippen molar-refractivity contribution in [2.24, 2.45) is 0 Å². The quantitative estimate of drug-likeness (QED) is 0.0264. The predicted molar refractivity (Wildman–Crippen MR) is 227 cm³/mol. The van der Waals surface area contributed by atoms with Gasteiger partial charge >= 0.3 is 11.9 Å². The predicted octanol–water partition coefficient (Wildman–Crippen LogP) is 10.9. The number of carbonyl (C=O) groups is 3. The summed E-state index contributed by atoms with van der Waals surface area (Å²) in [5.41, 5.74) is 0. The summed E-state index contributed by atoms with van der Waals surface area (Å²) in [6.07, 6.45) is 43.0. The summed E-state index contributed by atoms with van der Waals surface area (Å²) in [5, 5.41) is 11.6. The maximum absolute atomic E-state index is 12.7. The molecule has 0 fully saturated rings. The SMILES string of the molecule is CCCCCCC/C=C/C=C/C=C/CCCCCCCC(=O)OC(COCCC(C(=O)[O-])[N+](C)(C)C)COC(=O)CCCCCCCCCCCCCCC. The second kappa shape index (κ2) is 38.4. The largest absolute Gasteiger partial charge is 0.544 e. The van der Waals surface area contributed by atoms with Crippen LogP contribution in [0, 0.1) is 0 Å². The highest BCUT2D eigenvalue weighted by Crippen LogP contribution is 2.14. The van der Waals surface area contributed by atoms with E-state index >= 15 is 0 Å². The van der Waals surface area contributed by atoms with Gasteiger partial charge in [-0.3, -0.25) is 9.59 Å². The second-order valence-corrected chi connectivity index (χ2v) is 16.4. The Hall–Kier alpha value is -2.45. The van der Waals surface area contributed by atoms with Gasteiger partial charge in [-0.2, -0.15) is 0 Å². The van der Waals surface area contributed by atoms with Crippen LogP contribution < -0.4 is 5.11 Å². The summed E-state index contributed by atoms with van der Waals surface area (Å²) in [6, 6.07) is -0.728. The third-order valence-electron chi connectivity index (χ3n) is 10.1. The van der Waals surface area contributed by atoms with Gasteiger partial charge in [0.2, 0.25) is 0 Å². The molecule has 8 nitrogen and oxygen atoms in total. The highest BCUT2D eigenvalue weighted by Gasteiger charge is 2.25. The minimum atomic E-state index is -1.13. The van der Waals surface area contributed by atoms with Crippen molar-refractivity contribution in [3.63, 3.8) is 0 Å². The number of quaternary nitrogens is 1. The van der Waals surface area contributed by atoms with Gasteiger partial charge in [0.15, 0.2) is 6.10 Å². The van der Waals surface area contributed by atoms with E-state index in [0.717, 1.165) is 64.2 Å². The van der Waals surface area contributed by atoms with E-state index in [9.17, 15) is 19.5 Å². The molecule has 0 aromatic heterocycles. The topological polar surface area (TPSA) is 102 Å². The number of rotatable bonds is 40. The van der Waals surface area contributed by atoms with Crippen LogP contribution in [-0.2, 0) is 28.6 Å². The standard InChI is InChI=1S/C47H85NO7/c1-6-8-10-12-14-16-18-20-21-22-23-24-26-28-30-32-34-36-38-46(50)55-43(41-53-40-39-44(47(51)52)48(3,4)5)42-54-45(49)37-35-33-31-29-27-25-19-17-15-13-11-9-7-2/h18,20-24,43-44H,6-17,19,25-42H2,1-5H3/b20-18+,22-21+,24-23+. The molecular formula is C47H85NO7. The molecule has 55 heavy (non-hydrogen) atoms. The third-order valence-corrected chi connectivity index (χ3v) is 10.1. The van der Waals surface area contributed by atoms with Crippen molar-refractivity contribution in [1.29, 1.82) is 0 Å². The number of unbranched alkanes of at least 4 members (excludes halogenated alkanes) is 22. The fraction of sp³-hybridized carbons (Fsp3) is 0.809. The van der Waals surface area contributed by atoms with Crippen molar-refractivity contribution in [3.8, 4) is 0 Å². The number of hydrogen-bond acceptors (Lipinski definition) is 7. The highest BCUT2D eigenvalue weighted by molar-refractivity contribution is 5.70. The highest BCUT2D eigenvalue weighted by atomic mass is 16.6. The number of aliphatic carboxylic acids is 1. The van der Waals surface area contributed by atoms with E-state index in [0.29, 0.717) is 12.8 Å². The average Bonchev–Trinajstić information content (AvgIpc) is 3.14. The van der Waals surface area contributed by atoms with Crippen molar-refractivity contribution in [2.45, 2.75) is 206 Å². The zero-order valence-electron chi connectivity index (χ0n) is 36.3. The summed E-state index contributed by atoms with van der Waals surface area (Å²) < 4.78 is 17.2. The molecule has 0 bridgehead atoms. The van der Waals surface area contributed by atoms with E-state index in [-0.39, 0.29) is 42.7 Å². The van der Waals surface area contributed by atoms with Gasteiger partial charge in [0.1, 0.15) is 12.6 Å². The normalized spacial score (nSPS) is 13.3. The Labute approximate surface area is 338 Å². The fourth-order valence-corrected chi connectivity index (χ4v) is 6.54. The van der Waals surface area contributed by atoms with Gasteiger partial charge in [-0.05, 0) is 38.5 Å². The Morgan fingerprint density at radius 3 is 1.40 bits per heavy atom. The second-order valence-electron chi connectivity index (χ2n) is 16.4. The van der Waals surface area contributed by atoms with E-state index in [2.05, 4.69) is 50.3 Å². The molecule has 0 aromatic carbocycles. The lowest BCUT2D eigenvalue weighted by Gasteiger charge is -2.34. The van der Waals surface area contributed by atoms with Crippen LogP contribution in [0.3, 0.4) is 0 Å². The Kier molecular flexibility index (Phi) is 36.7. The Morgan fingerprint density at radius 1 is 0.545 bits per heavy atom. The van der Waals surface area contributed by atoms with Gasteiger partial charge < -0.3 is 28.6 Å². The molecule has 0 aliphatic heterocycles. The van der Waals surface area contributed by atoms with Gasteiger partial charge in [-0.15, -0.1) is 0 Å². The fourth-order valence-electron chi connectivity index (χ4n) is 6.54. The van der Waals surface area contributed by atoms with Crippen LogP contribution in [-0.4, -0.2) is 75.5 Å². The molecule has 0 saturated carbocycles.